The molecule has 2 aromatic rings. The Hall–Kier alpha value is -2.34. The maximum Gasteiger partial charge on any atom is 0.337 e. The van der Waals surface area contributed by atoms with Crippen LogP contribution in [0.25, 0.3) is 0 Å². The lowest BCUT2D eigenvalue weighted by Gasteiger charge is -2.11. The number of Topliss-reactive ketones (excluding diaryl/α,β-unsaturated/α-hetero) is 1. The van der Waals surface area contributed by atoms with Gasteiger partial charge in [0.25, 0.3) is 0 Å². The summed E-state index contributed by atoms with van der Waals surface area (Å²) in [5.74, 6) is 0.346. The van der Waals surface area contributed by atoms with E-state index in [9.17, 15) is 9.59 Å². The highest BCUT2D eigenvalue weighted by atomic mass is 79.9. The molecule has 5 nitrogen and oxygen atoms in total. The molecule has 1 heterocycles. The highest BCUT2D eigenvalue weighted by Gasteiger charge is 2.33. The summed E-state index contributed by atoms with van der Waals surface area (Å²) in [4.78, 5) is 24.4. The van der Waals surface area contributed by atoms with Gasteiger partial charge in [-0.05, 0) is 24.3 Å². The van der Waals surface area contributed by atoms with Crippen LogP contribution in [0.15, 0.2) is 40.9 Å². The van der Waals surface area contributed by atoms with Gasteiger partial charge in [0.15, 0.2) is 17.6 Å². The van der Waals surface area contributed by atoms with E-state index in [-0.39, 0.29) is 5.78 Å². The molecule has 0 aromatic heterocycles. The lowest BCUT2D eigenvalue weighted by molar-refractivity contribution is 0.0600. The third-order valence-electron chi connectivity index (χ3n) is 3.86. The highest BCUT2D eigenvalue weighted by molar-refractivity contribution is 9.10. The largest absolute Gasteiger partial charge is 0.493 e. The molecule has 6 heteroatoms. The highest BCUT2D eigenvalue weighted by Crippen LogP contribution is 2.40. The molecule has 0 spiro atoms. The summed E-state index contributed by atoms with van der Waals surface area (Å²) in [7, 11) is 2.81. The first-order valence-corrected chi connectivity index (χ1v) is 8.08. The average molecular weight is 391 g/mol. The predicted octanol–water partition coefficient (Wildman–Crippen LogP) is 3.43. The zero-order chi connectivity index (χ0) is 17.3. The number of esters is 1. The van der Waals surface area contributed by atoms with Crippen molar-refractivity contribution in [3.05, 3.63) is 57.6 Å². The average Bonchev–Trinajstić information content (AvgIpc) is 3.04. The molecule has 1 atom stereocenters. The Bertz CT molecular complexity index is 798. The Morgan fingerprint density at radius 1 is 1.12 bits per heavy atom. The number of hydrogen-bond donors (Lipinski definition) is 0. The predicted molar refractivity (Wildman–Crippen MR) is 90.9 cm³/mol. The number of ketones is 1. The maximum absolute atomic E-state index is 12.6. The van der Waals surface area contributed by atoms with Gasteiger partial charge in [0, 0.05) is 22.0 Å². The van der Waals surface area contributed by atoms with E-state index in [1.807, 2.05) is 12.1 Å². The molecule has 1 aliphatic heterocycles. The zero-order valence-corrected chi connectivity index (χ0v) is 14.8. The molecule has 2 aromatic carbocycles. The SMILES string of the molecule is COC(=O)c1cc2c(c(OC)c1)OC(C(=O)c1ccc(Br)cc1)C2. The van der Waals surface area contributed by atoms with Gasteiger partial charge in [0.1, 0.15) is 0 Å². The first-order valence-electron chi connectivity index (χ1n) is 7.29. The molecule has 0 saturated heterocycles. The number of hydrogen-bond acceptors (Lipinski definition) is 5. The van der Waals surface area contributed by atoms with Gasteiger partial charge in [-0.15, -0.1) is 0 Å². The van der Waals surface area contributed by atoms with Crippen molar-refractivity contribution in [1.82, 2.24) is 0 Å². The standard InChI is InChI=1S/C18H15BrO5/c1-22-15-9-12(18(21)23-2)7-11-8-14(24-17(11)15)16(20)10-3-5-13(19)6-4-10/h3-7,9,14H,8H2,1-2H3. The van der Waals surface area contributed by atoms with Crippen LogP contribution in [0, 0.1) is 0 Å². The van der Waals surface area contributed by atoms with E-state index in [4.69, 9.17) is 14.2 Å². The minimum Gasteiger partial charge on any atom is -0.493 e. The van der Waals surface area contributed by atoms with Crippen LogP contribution in [0.5, 0.6) is 11.5 Å². The van der Waals surface area contributed by atoms with Crippen molar-refractivity contribution < 1.29 is 23.8 Å². The topological polar surface area (TPSA) is 61.8 Å². The van der Waals surface area contributed by atoms with Gasteiger partial charge < -0.3 is 14.2 Å². The molecule has 0 saturated carbocycles. The second-order valence-corrected chi connectivity index (χ2v) is 6.26. The van der Waals surface area contributed by atoms with E-state index in [2.05, 4.69) is 15.9 Å². The van der Waals surface area contributed by atoms with Gasteiger partial charge in [0.2, 0.25) is 5.78 Å². The molecule has 0 bridgehead atoms. The number of rotatable bonds is 4. The summed E-state index contributed by atoms with van der Waals surface area (Å²) >= 11 is 3.35. The quantitative estimate of drug-likeness (QED) is 0.591. The molecule has 0 radical (unpaired) electrons. The first kappa shape index (κ1) is 16.5. The van der Waals surface area contributed by atoms with E-state index in [1.165, 1.54) is 14.2 Å². The van der Waals surface area contributed by atoms with E-state index >= 15 is 0 Å². The van der Waals surface area contributed by atoms with Gasteiger partial charge >= 0.3 is 5.97 Å². The Kier molecular flexibility index (Phi) is 4.57. The number of halogens is 1. The van der Waals surface area contributed by atoms with Crippen molar-refractivity contribution in [2.45, 2.75) is 12.5 Å². The van der Waals surface area contributed by atoms with Gasteiger partial charge in [0.05, 0.1) is 19.8 Å². The minimum absolute atomic E-state index is 0.111. The van der Waals surface area contributed by atoms with Gasteiger partial charge in [-0.2, -0.15) is 0 Å². The number of carbonyl (C=O) groups is 2. The van der Waals surface area contributed by atoms with Crippen LogP contribution in [0.1, 0.15) is 26.3 Å². The van der Waals surface area contributed by atoms with E-state index in [0.717, 1.165) is 10.0 Å². The number of carbonyl (C=O) groups excluding carboxylic acids is 2. The van der Waals surface area contributed by atoms with Crippen LogP contribution in [-0.2, 0) is 11.2 Å². The lowest BCUT2D eigenvalue weighted by atomic mass is 10.0. The molecule has 0 aliphatic carbocycles. The Labute approximate surface area is 147 Å². The zero-order valence-electron chi connectivity index (χ0n) is 13.2. The fraction of sp³-hybridized carbons (Fsp3) is 0.222. The summed E-state index contributed by atoms with van der Waals surface area (Å²) in [5.41, 5.74) is 1.70. The summed E-state index contributed by atoms with van der Waals surface area (Å²) in [6.07, 6.45) is -0.256. The summed E-state index contributed by atoms with van der Waals surface area (Å²) in [6.45, 7) is 0. The second kappa shape index (κ2) is 6.65. The third-order valence-corrected chi connectivity index (χ3v) is 4.39. The van der Waals surface area contributed by atoms with Crippen molar-refractivity contribution in [3.63, 3.8) is 0 Å². The molecular weight excluding hydrogens is 376 g/mol. The van der Waals surface area contributed by atoms with Crippen LogP contribution in [-0.4, -0.2) is 32.1 Å². The van der Waals surface area contributed by atoms with Crippen LogP contribution in [0.3, 0.4) is 0 Å². The number of ether oxygens (including phenoxy) is 3. The Morgan fingerprint density at radius 3 is 2.46 bits per heavy atom. The van der Waals surface area contributed by atoms with Crippen molar-refractivity contribution in [3.8, 4) is 11.5 Å². The van der Waals surface area contributed by atoms with Crippen LogP contribution in [0.4, 0.5) is 0 Å². The van der Waals surface area contributed by atoms with Crippen LogP contribution < -0.4 is 9.47 Å². The fourth-order valence-corrected chi connectivity index (χ4v) is 2.93. The molecular formula is C18H15BrO5. The molecule has 24 heavy (non-hydrogen) atoms. The Balaban J connectivity index is 1.89. The monoisotopic (exact) mass is 390 g/mol. The number of benzene rings is 2. The van der Waals surface area contributed by atoms with Crippen molar-refractivity contribution in [2.75, 3.05) is 14.2 Å². The number of fused-ring (bicyclic) bond motifs is 1. The number of methoxy groups -OCH3 is 2. The Morgan fingerprint density at radius 2 is 1.83 bits per heavy atom. The fourth-order valence-electron chi connectivity index (χ4n) is 2.66. The smallest absolute Gasteiger partial charge is 0.337 e. The molecule has 0 N–H and O–H groups in total. The first-order chi connectivity index (χ1) is 11.5. The van der Waals surface area contributed by atoms with Crippen molar-refractivity contribution in [1.29, 1.82) is 0 Å². The minimum atomic E-state index is -0.636. The molecule has 124 valence electrons. The molecule has 1 aliphatic rings. The van der Waals surface area contributed by atoms with E-state index in [0.29, 0.717) is 29.0 Å². The van der Waals surface area contributed by atoms with Crippen LogP contribution in [0.2, 0.25) is 0 Å². The normalized spacial score (nSPS) is 15.4. The van der Waals surface area contributed by atoms with E-state index < -0.39 is 12.1 Å². The van der Waals surface area contributed by atoms with Gasteiger partial charge in [-0.25, -0.2) is 4.79 Å². The third kappa shape index (κ3) is 3.01. The molecule has 3 rings (SSSR count). The summed E-state index contributed by atoms with van der Waals surface area (Å²) in [6, 6.07) is 10.3. The second-order valence-electron chi connectivity index (χ2n) is 5.34. The molecule has 0 fully saturated rings. The van der Waals surface area contributed by atoms with Crippen molar-refractivity contribution in [2.24, 2.45) is 0 Å². The maximum atomic E-state index is 12.6. The van der Waals surface area contributed by atoms with Gasteiger partial charge in [-0.3, -0.25) is 4.79 Å². The van der Waals surface area contributed by atoms with Gasteiger partial charge in [-0.1, -0.05) is 28.1 Å². The molecule has 1 unspecified atom stereocenters. The van der Waals surface area contributed by atoms with Crippen LogP contribution >= 0.6 is 15.9 Å². The van der Waals surface area contributed by atoms with E-state index in [1.54, 1.807) is 24.3 Å². The molecule has 0 amide bonds. The summed E-state index contributed by atoms with van der Waals surface area (Å²) < 4.78 is 16.7. The summed E-state index contributed by atoms with van der Waals surface area (Å²) in [5, 5.41) is 0. The van der Waals surface area contributed by atoms with Crippen molar-refractivity contribution >= 4 is 27.7 Å². The lowest BCUT2D eigenvalue weighted by Crippen LogP contribution is -2.25.